The minimum absolute atomic E-state index is 0.593. The Morgan fingerprint density at radius 1 is 0.535 bits per heavy atom. The number of anilines is 3. The largest absolute Gasteiger partial charge is 0.465 e. The number of nitrogens with zero attached hydrogens (tertiary/aromatic N) is 1. The summed E-state index contributed by atoms with van der Waals surface area (Å²) in [4.78, 5) is 2.26. The molecule has 0 aliphatic carbocycles. The fraction of sp³-hybridized carbons (Fsp3) is 0.158. The van der Waals surface area contributed by atoms with Crippen molar-refractivity contribution in [2.45, 2.75) is 40.3 Å². The Hall–Kier alpha value is -4.84. The Labute approximate surface area is 253 Å². The predicted molar refractivity (Wildman–Crippen MR) is 175 cm³/mol. The standard InChI is InChI=1S/C38H37NO4/c1-26-5-15-33(16-6-26)39(34-17-7-27(2)8-18-34)35-19-9-30(10-20-35)25-38(31-11-21-36(22-12-31)42-28(3)40)32-13-23-37(24-14-32)43-29(4)41/h5-25,28-29,40-41H,1-4H3. The van der Waals surface area contributed by atoms with E-state index in [1.807, 2.05) is 48.5 Å². The summed E-state index contributed by atoms with van der Waals surface area (Å²) >= 11 is 0. The molecule has 0 bridgehead atoms. The summed E-state index contributed by atoms with van der Waals surface area (Å²) in [5.41, 5.74) is 9.72. The topological polar surface area (TPSA) is 62.2 Å². The molecule has 5 rings (SSSR count). The van der Waals surface area contributed by atoms with E-state index in [1.165, 1.54) is 11.1 Å². The molecule has 0 aliphatic rings. The zero-order valence-electron chi connectivity index (χ0n) is 24.9. The van der Waals surface area contributed by atoms with E-state index in [1.54, 1.807) is 13.8 Å². The van der Waals surface area contributed by atoms with Gasteiger partial charge >= 0.3 is 0 Å². The lowest BCUT2D eigenvalue weighted by Crippen LogP contribution is -2.09. The lowest BCUT2D eigenvalue weighted by atomic mass is 9.95. The minimum atomic E-state index is -0.889. The van der Waals surface area contributed by atoms with Crippen LogP contribution >= 0.6 is 0 Å². The normalized spacial score (nSPS) is 12.2. The molecule has 5 nitrogen and oxygen atoms in total. The lowest BCUT2D eigenvalue weighted by Gasteiger charge is -2.26. The van der Waals surface area contributed by atoms with Crippen LogP contribution in [0.4, 0.5) is 17.1 Å². The van der Waals surface area contributed by atoms with E-state index < -0.39 is 12.6 Å². The maximum atomic E-state index is 9.61. The second-order valence-electron chi connectivity index (χ2n) is 10.6. The van der Waals surface area contributed by atoms with Crippen LogP contribution in [-0.4, -0.2) is 22.8 Å². The maximum absolute atomic E-state index is 9.61. The Balaban J connectivity index is 1.52. The Bertz CT molecular complexity index is 1540. The van der Waals surface area contributed by atoms with E-state index in [0.717, 1.165) is 39.3 Å². The summed E-state index contributed by atoms with van der Waals surface area (Å²) in [5, 5.41) is 19.2. The molecular weight excluding hydrogens is 534 g/mol. The fourth-order valence-corrected chi connectivity index (χ4v) is 4.87. The molecule has 0 radical (unpaired) electrons. The summed E-state index contributed by atoms with van der Waals surface area (Å²) in [6, 6.07) is 41.0. The number of aryl methyl sites for hydroxylation is 2. The zero-order valence-corrected chi connectivity index (χ0v) is 24.9. The van der Waals surface area contributed by atoms with Crippen molar-refractivity contribution in [3.63, 3.8) is 0 Å². The molecule has 0 heterocycles. The molecule has 2 N–H and O–H groups in total. The SMILES string of the molecule is Cc1ccc(N(c2ccc(C)cc2)c2ccc(C=C(c3ccc(OC(C)O)cc3)c3ccc(OC(C)O)cc3)cc2)cc1. The summed E-state index contributed by atoms with van der Waals surface area (Å²) in [6.07, 6.45) is 0.376. The molecule has 0 spiro atoms. The first-order valence-electron chi connectivity index (χ1n) is 14.4. The van der Waals surface area contributed by atoms with Gasteiger partial charge in [-0.2, -0.15) is 0 Å². The van der Waals surface area contributed by atoms with Crippen LogP contribution in [0.15, 0.2) is 121 Å². The van der Waals surface area contributed by atoms with Crippen molar-refractivity contribution < 1.29 is 19.7 Å². The van der Waals surface area contributed by atoms with E-state index in [2.05, 4.69) is 97.6 Å². The highest BCUT2D eigenvalue weighted by Crippen LogP contribution is 2.36. The average Bonchev–Trinajstić information content (AvgIpc) is 2.99. The molecule has 2 atom stereocenters. The third-order valence-electron chi connectivity index (χ3n) is 6.99. The van der Waals surface area contributed by atoms with E-state index in [-0.39, 0.29) is 0 Å². The molecule has 0 fully saturated rings. The third-order valence-corrected chi connectivity index (χ3v) is 6.99. The summed E-state index contributed by atoms with van der Waals surface area (Å²) in [7, 11) is 0. The zero-order chi connectivity index (χ0) is 30.3. The number of aliphatic hydroxyl groups is 2. The van der Waals surface area contributed by atoms with Gasteiger partial charge in [-0.25, -0.2) is 0 Å². The van der Waals surface area contributed by atoms with E-state index in [4.69, 9.17) is 9.47 Å². The first-order valence-corrected chi connectivity index (χ1v) is 14.4. The Kier molecular flexibility index (Phi) is 9.26. The number of aliphatic hydroxyl groups excluding tert-OH is 2. The molecule has 0 amide bonds. The molecule has 5 heteroatoms. The van der Waals surface area contributed by atoms with Crippen LogP contribution in [-0.2, 0) is 0 Å². The Morgan fingerprint density at radius 3 is 1.23 bits per heavy atom. The molecular formula is C38H37NO4. The Morgan fingerprint density at radius 2 is 0.884 bits per heavy atom. The van der Waals surface area contributed by atoms with Crippen LogP contribution in [0.3, 0.4) is 0 Å². The van der Waals surface area contributed by atoms with Gasteiger partial charge in [0.1, 0.15) is 11.5 Å². The number of ether oxygens (including phenoxy) is 2. The van der Waals surface area contributed by atoms with Gasteiger partial charge < -0.3 is 24.6 Å². The number of benzene rings is 5. The van der Waals surface area contributed by atoms with Crippen molar-refractivity contribution in [2.24, 2.45) is 0 Å². The maximum Gasteiger partial charge on any atom is 0.194 e. The van der Waals surface area contributed by atoms with Gasteiger partial charge in [0.25, 0.3) is 0 Å². The highest BCUT2D eigenvalue weighted by Gasteiger charge is 2.13. The first-order chi connectivity index (χ1) is 20.7. The van der Waals surface area contributed by atoms with Crippen LogP contribution in [0.1, 0.15) is 41.7 Å². The van der Waals surface area contributed by atoms with Crippen LogP contribution in [0, 0.1) is 13.8 Å². The van der Waals surface area contributed by atoms with Crippen molar-refractivity contribution in [3.8, 4) is 11.5 Å². The smallest absolute Gasteiger partial charge is 0.194 e. The number of hydrogen-bond acceptors (Lipinski definition) is 5. The van der Waals surface area contributed by atoms with E-state index in [0.29, 0.717) is 11.5 Å². The van der Waals surface area contributed by atoms with Gasteiger partial charge in [-0.15, -0.1) is 0 Å². The molecule has 218 valence electrons. The van der Waals surface area contributed by atoms with Crippen LogP contribution in [0.2, 0.25) is 0 Å². The fourth-order valence-electron chi connectivity index (χ4n) is 4.87. The first kappa shape index (κ1) is 29.6. The molecule has 5 aromatic rings. The summed E-state index contributed by atoms with van der Waals surface area (Å²) in [5.74, 6) is 1.19. The molecule has 0 aromatic heterocycles. The molecule has 0 saturated carbocycles. The second kappa shape index (κ2) is 13.4. The van der Waals surface area contributed by atoms with Crippen molar-refractivity contribution in [1.29, 1.82) is 0 Å². The monoisotopic (exact) mass is 571 g/mol. The molecule has 43 heavy (non-hydrogen) atoms. The minimum Gasteiger partial charge on any atom is -0.465 e. The third kappa shape index (κ3) is 7.72. The predicted octanol–water partition coefficient (Wildman–Crippen LogP) is 8.80. The molecule has 2 unspecified atom stereocenters. The molecule has 0 saturated heterocycles. The summed E-state index contributed by atoms with van der Waals surface area (Å²) in [6.45, 7) is 7.36. The highest BCUT2D eigenvalue weighted by molar-refractivity contribution is 5.92. The second-order valence-corrected chi connectivity index (χ2v) is 10.6. The van der Waals surface area contributed by atoms with Gasteiger partial charge in [0.2, 0.25) is 0 Å². The molecule has 0 aliphatic heterocycles. The van der Waals surface area contributed by atoms with Gasteiger partial charge in [-0.1, -0.05) is 71.8 Å². The van der Waals surface area contributed by atoms with Gasteiger partial charge in [-0.3, -0.25) is 0 Å². The van der Waals surface area contributed by atoms with Crippen molar-refractivity contribution in [3.05, 3.63) is 149 Å². The van der Waals surface area contributed by atoms with Crippen LogP contribution in [0.25, 0.3) is 11.6 Å². The number of rotatable bonds is 10. The quantitative estimate of drug-likeness (QED) is 0.130. The summed E-state index contributed by atoms with van der Waals surface area (Å²) < 4.78 is 10.9. The van der Waals surface area contributed by atoms with Gasteiger partial charge in [0.15, 0.2) is 12.6 Å². The van der Waals surface area contributed by atoms with Crippen molar-refractivity contribution in [1.82, 2.24) is 0 Å². The highest BCUT2D eigenvalue weighted by atomic mass is 16.6. The van der Waals surface area contributed by atoms with Crippen molar-refractivity contribution in [2.75, 3.05) is 4.90 Å². The molecule has 5 aromatic carbocycles. The lowest BCUT2D eigenvalue weighted by molar-refractivity contribution is -0.000873. The van der Waals surface area contributed by atoms with Gasteiger partial charge in [-0.05, 0) is 117 Å². The van der Waals surface area contributed by atoms with E-state index >= 15 is 0 Å². The van der Waals surface area contributed by atoms with Crippen LogP contribution < -0.4 is 14.4 Å². The number of hydrogen-bond donors (Lipinski definition) is 2. The van der Waals surface area contributed by atoms with Gasteiger partial charge in [0.05, 0.1) is 0 Å². The van der Waals surface area contributed by atoms with Crippen molar-refractivity contribution >= 4 is 28.7 Å². The average molecular weight is 572 g/mol. The van der Waals surface area contributed by atoms with Gasteiger partial charge in [0, 0.05) is 17.1 Å². The van der Waals surface area contributed by atoms with E-state index in [9.17, 15) is 10.2 Å². The van der Waals surface area contributed by atoms with Crippen LogP contribution in [0.5, 0.6) is 11.5 Å².